The summed E-state index contributed by atoms with van der Waals surface area (Å²) in [5.41, 5.74) is 1.00. The van der Waals surface area contributed by atoms with E-state index in [0.717, 1.165) is 15.3 Å². The Morgan fingerprint density at radius 1 is 1.30 bits per heavy atom. The molecule has 20 heavy (non-hydrogen) atoms. The SMILES string of the molecule is Cc1nc2sc(-c3ccccc3)cc2c(=O)n1CCO. The van der Waals surface area contributed by atoms with E-state index in [0.29, 0.717) is 11.2 Å². The second-order valence-corrected chi connectivity index (χ2v) is 5.57. The first kappa shape index (κ1) is 13.0. The van der Waals surface area contributed by atoms with Crippen LogP contribution in [0.3, 0.4) is 0 Å². The van der Waals surface area contributed by atoms with Crippen molar-refractivity contribution in [2.45, 2.75) is 13.5 Å². The van der Waals surface area contributed by atoms with Crippen molar-refractivity contribution in [2.75, 3.05) is 6.61 Å². The summed E-state index contributed by atoms with van der Waals surface area (Å²) in [6.45, 7) is 2.01. The molecule has 0 saturated heterocycles. The summed E-state index contributed by atoms with van der Waals surface area (Å²) in [7, 11) is 0. The molecule has 1 aromatic carbocycles. The molecule has 0 radical (unpaired) electrons. The number of nitrogens with zero attached hydrogens (tertiary/aromatic N) is 2. The van der Waals surface area contributed by atoms with Crippen molar-refractivity contribution in [1.82, 2.24) is 9.55 Å². The van der Waals surface area contributed by atoms with Gasteiger partial charge in [0, 0.05) is 4.88 Å². The second kappa shape index (κ2) is 5.19. The summed E-state index contributed by atoms with van der Waals surface area (Å²) in [5.74, 6) is 0.637. The number of aryl methyl sites for hydroxylation is 1. The van der Waals surface area contributed by atoms with E-state index in [1.807, 2.05) is 36.4 Å². The van der Waals surface area contributed by atoms with Crippen molar-refractivity contribution in [3.8, 4) is 10.4 Å². The van der Waals surface area contributed by atoms with Gasteiger partial charge in [0.25, 0.3) is 5.56 Å². The van der Waals surface area contributed by atoms with Crippen LogP contribution in [0.4, 0.5) is 0 Å². The number of aliphatic hydroxyl groups is 1. The van der Waals surface area contributed by atoms with Gasteiger partial charge in [-0.1, -0.05) is 30.3 Å². The Kier molecular flexibility index (Phi) is 3.38. The smallest absolute Gasteiger partial charge is 0.262 e. The summed E-state index contributed by atoms with van der Waals surface area (Å²) in [6, 6.07) is 11.8. The van der Waals surface area contributed by atoms with Gasteiger partial charge in [0.05, 0.1) is 18.5 Å². The maximum Gasteiger partial charge on any atom is 0.262 e. The lowest BCUT2D eigenvalue weighted by atomic mass is 10.2. The molecule has 3 rings (SSSR count). The van der Waals surface area contributed by atoms with Gasteiger partial charge in [-0.05, 0) is 18.6 Å². The predicted octanol–water partition coefficient (Wildman–Crippen LogP) is 2.43. The first-order valence-corrected chi connectivity index (χ1v) is 7.19. The zero-order valence-corrected chi connectivity index (χ0v) is 11.9. The highest BCUT2D eigenvalue weighted by atomic mass is 32.1. The fourth-order valence-electron chi connectivity index (χ4n) is 2.23. The summed E-state index contributed by atoms with van der Waals surface area (Å²) < 4.78 is 1.52. The lowest BCUT2D eigenvalue weighted by Crippen LogP contribution is -2.24. The standard InChI is InChI=1S/C15H14N2O2S/c1-10-16-14-12(15(19)17(10)7-8-18)9-13(20-14)11-5-3-2-4-6-11/h2-6,9,18H,7-8H2,1H3. The number of aromatic nitrogens is 2. The van der Waals surface area contributed by atoms with Gasteiger partial charge in [-0.2, -0.15) is 0 Å². The van der Waals surface area contributed by atoms with Crippen molar-refractivity contribution < 1.29 is 5.11 Å². The first-order chi connectivity index (χ1) is 9.70. The van der Waals surface area contributed by atoms with Crippen LogP contribution in [0.2, 0.25) is 0 Å². The van der Waals surface area contributed by atoms with Crippen LogP contribution >= 0.6 is 11.3 Å². The van der Waals surface area contributed by atoms with Crippen LogP contribution in [0.15, 0.2) is 41.2 Å². The van der Waals surface area contributed by atoms with Crippen LogP contribution in [0.5, 0.6) is 0 Å². The third kappa shape index (κ3) is 2.15. The third-order valence-electron chi connectivity index (χ3n) is 3.22. The molecule has 1 N–H and O–H groups in total. The maximum absolute atomic E-state index is 12.4. The van der Waals surface area contributed by atoms with Gasteiger partial charge >= 0.3 is 0 Å². The van der Waals surface area contributed by atoms with Gasteiger partial charge in [-0.25, -0.2) is 4.98 Å². The average Bonchev–Trinajstić information content (AvgIpc) is 2.88. The fraction of sp³-hybridized carbons (Fsp3) is 0.200. The minimum absolute atomic E-state index is 0.0659. The minimum atomic E-state index is -0.0834. The molecule has 0 saturated carbocycles. The molecule has 0 atom stereocenters. The second-order valence-electron chi connectivity index (χ2n) is 4.53. The van der Waals surface area contributed by atoms with Gasteiger partial charge in [-0.15, -0.1) is 11.3 Å². The van der Waals surface area contributed by atoms with Gasteiger partial charge in [0.15, 0.2) is 0 Å². The molecule has 5 heteroatoms. The number of rotatable bonds is 3. The molecule has 2 aromatic heterocycles. The molecule has 2 heterocycles. The van der Waals surface area contributed by atoms with Crippen LogP contribution in [-0.4, -0.2) is 21.3 Å². The average molecular weight is 286 g/mol. The summed E-state index contributed by atoms with van der Waals surface area (Å²) >= 11 is 1.52. The minimum Gasteiger partial charge on any atom is -0.395 e. The molecule has 0 bridgehead atoms. The van der Waals surface area contributed by atoms with E-state index in [9.17, 15) is 4.79 Å². The highest BCUT2D eigenvalue weighted by Crippen LogP contribution is 2.30. The number of aliphatic hydroxyl groups excluding tert-OH is 1. The molecule has 0 aliphatic heterocycles. The summed E-state index contributed by atoms with van der Waals surface area (Å²) in [4.78, 5) is 18.7. The number of thiophene rings is 1. The topological polar surface area (TPSA) is 55.1 Å². The molecular formula is C15H14N2O2S. The predicted molar refractivity (Wildman–Crippen MR) is 81.1 cm³/mol. The van der Waals surface area contributed by atoms with E-state index in [2.05, 4.69) is 4.98 Å². The van der Waals surface area contributed by atoms with Crippen molar-refractivity contribution in [3.63, 3.8) is 0 Å². The number of hydrogen-bond donors (Lipinski definition) is 1. The Labute approximate surface area is 120 Å². The molecule has 0 unspecified atom stereocenters. The first-order valence-electron chi connectivity index (χ1n) is 6.38. The van der Waals surface area contributed by atoms with Crippen molar-refractivity contribution in [1.29, 1.82) is 0 Å². The Balaban J connectivity index is 2.22. The number of benzene rings is 1. The van der Waals surface area contributed by atoms with E-state index in [1.165, 1.54) is 15.9 Å². The molecular weight excluding hydrogens is 272 g/mol. The molecule has 0 aliphatic carbocycles. The summed E-state index contributed by atoms with van der Waals surface area (Å²) in [5, 5.41) is 9.66. The lowest BCUT2D eigenvalue weighted by molar-refractivity contribution is 0.272. The van der Waals surface area contributed by atoms with Crippen LogP contribution in [0.25, 0.3) is 20.7 Å². The van der Waals surface area contributed by atoms with Gasteiger partial charge in [0.1, 0.15) is 10.7 Å². The molecule has 4 nitrogen and oxygen atoms in total. The zero-order valence-electron chi connectivity index (χ0n) is 11.0. The highest BCUT2D eigenvalue weighted by molar-refractivity contribution is 7.21. The van der Waals surface area contributed by atoms with Crippen molar-refractivity contribution in [2.24, 2.45) is 0 Å². The summed E-state index contributed by atoms with van der Waals surface area (Å²) in [6.07, 6.45) is 0. The molecule has 0 amide bonds. The van der Waals surface area contributed by atoms with E-state index < -0.39 is 0 Å². The quantitative estimate of drug-likeness (QED) is 0.804. The molecule has 0 aliphatic rings. The van der Waals surface area contributed by atoms with Crippen molar-refractivity contribution in [3.05, 3.63) is 52.6 Å². The van der Waals surface area contributed by atoms with Crippen LogP contribution < -0.4 is 5.56 Å². The lowest BCUT2D eigenvalue weighted by Gasteiger charge is -2.06. The fourth-order valence-corrected chi connectivity index (χ4v) is 3.30. The Morgan fingerprint density at radius 2 is 2.05 bits per heavy atom. The highest BCUT2D eigenvalue weighted by Gasteiger charge is 2.12. The van der Waals surface area contributed by atoms with Crippen LogP contribution in [0, 0.1) is 6.92 Å². The van der Waals surface area contributed by atoms with Gasteiger partial charge in [0.2, 0.25) is 0 Å². The van der Waals surface area contributed by atoms with E-state index >= 15 is 0 Å². The Bertz CT molecular complexity index is 806. The zero-order chi connectivity index (χ0) is 14.1. The molecule has 3 aromatic rings. The largest absolute Gasteiger partial charge is 0.395 e. The Morgan fingerprint density at radius 3 is 2.75 bits per heavy atom. The number of hydrogen-bond acceptors (Lipinski definition) is 4. The molecule has 0 spiro atoms. The van der Waals surface area contributed by atoms with Crippen LogP contribution in [0.1, 0.15) is 5.82 Å². The van der Waals surface area contributed by atoms with Gasteiger partial charge in [-0.3, -0.25) is 9.36 Å². The van der Waals surface area contributed by atoms with E-state index in [4.69, 9.17) is 5.11 Å². The van der Waals surface area contributed by atoms with Crippen molar-refractivity contribution >= 4 is 21.6 Å². The monoisotopic (exact) mass is 286 g/mol. The molecule has 0 fully saturated rings. The van der Waals surface area contributed by atoms with E-state index in [-0.39, 0.29) is 18.7 Å². The maximum atomic E-state index is 12.4. The van der Waals surface area contributed by atoms with Crippen LogP contribution in [-0.2, 0) is 6.54 Å². The normalized spacial score (nSPS) is 11.1. The third-order valence-corrected chi connectivity index (χ3v) is 4.30. The van der Waals surface area contributed by atoms with E-state index in [1.54, 1.807) is 6.92 Å². The van der Waals surface area contributed by atoms with Gasteiger partial charge < -0.3 is 5.11 Å². The molecule has 102 valence electrons. The Hall–Kier alpha value is -1.98. The number of fused-ring (bicyclic) bond motifs is 1.